The van der Waals surface area contributed by atoms with E-state index < -0.39 is 0 Å². The van der Waals surface area contributed by atoms with Gasteiger partial charge >= 0.3 is 0 Å². The molecule has 102 valence electrons. The van der Waals surface area contributed by atoms with Crippen LogP contribution < -0.4 is 4.90 Å². The highest BCUT2D eigenvalue weighted by Gasteiger charge is 2.12. The highest BCUT2D eigenvalue weighted by Crippen LogP contribution is 2.25. The average molecular weight is 248 g/mol. The van der Waals surface area contributed by atoms with Crippen molar-refractivity contribution < 1.29 is 0 Å². The molecule has 0 atom stereocenters. The van der Waals surface area contributed by atoms with E-state index in [9.17, 15) is 0 Å². The summed E-state index contributed by atoms with van der Waals surface area (Å²) >= 11 is 0. The van der Waals surface area contributed by atoms with Crippen molar-refractivity contribution in [2.75, 3.05) is 19.0 Å². The standard InChI is InChI=1S/C16H28N2/c1-6-8-10-14-12-13(3)17-16(18(4)5)15(14)11-9-7-2/h12H,6-11H2,1-5H3. The van der Waals surface area contributed by atoms with Gasteiger partial charge < -0.3 is 4.90 Å². The maximum atomic E-state index is 4.72. The molecule has 0 radical (unpaired) electrons. The number of aromatic nitrogens is 1. The molecule has 1 aromatic heterocycles. The van der Waals surface area contributed by atoms with Crippen molar-refractivity contribution in [2.45, 2.75) is 59.3 Å². The van der Waals surface area contributed by atoms with Crippen molar-refractivity contribution in [3.8, 4) is 0 Å². The quantitative estimate of drug-likeness (QED) is 0.721. The zero-order valence-electron chi connectivity index (χ0n) is 12.7. The van der Waals surface area contributed by atoms with Crippen molar-refractivity contribution in [3.63, 3.8) is 0 Å². The SMILES string of the molecule is CCCCc1cc(C)nc(N(C)C)c1CCCC. The number of hydrogen-bond donors (Lipinski definition) is 0. The number of anilines is 1. The second kappa shape index (κ2) is 7.40. The normalized spacial score (nSPS) is 10.7. The molecule has 18 heavy (non-hydrogen) atoms. The van der Waals surface area contributed by atoms with E-state index in [-0.39, 0.29) is 0 Å². The van der Waals surface area contributed by atoms with E-state index in [4.69, 9.17) is 4.98 Å². The molecule has 0 aliphatic rings. The van der Waals surface area contributed by atoms with Crippen molar-refractivity contribution in [3.05, 3.63) is 22.9 Å². The molecule has 0 saturated carbocycles. The molecule has 0 aromatic carbocycles. The van der Waals surface area contributed by atoms with Crippen LogP contribution in [0.25, 0.3) is 0 Å². The lowest BCUT2D eigenvalue weighted by Gasteiger charge is -2.20. The van der Waals surface area contributed by atoms with Crippen LogP contribution in [-0.2, 0) is 12.8 Å². The first-order chi connectivity index (χ1) is 8.60. The van der Waals surface area contributed by atoms with Gasteiger partial charge in [0.25, 0.3) is 0 Å². The largest absolute Gasteiger partial charge is 0.363 e. The second-order valence-corrected chi connectivity index (χ2v) is 5.33. The molecular formula is C16H28N2. The summed E-state index contributed by atoms with van der Waals surface area (Å²) in [4.78, 5) is 6.88. The number of pyridine rings is 1. The number of hydrogen-bond acceptors (Lipinski definition) is 2. The Kier molecular flexibility index (Phi) is 6.17. The predicted octanol–water partition coefficient (Wildman–Crippen LogP) is 4.14. The molecule has 2 nitrogen and oxygen atoms in total. The molecule has 0 saturated heterocycles. The van der Waals surface area contributed by atoms with Crippen LogP contribution in [0.15, 0.2) is 6.07 Å². The van der Waals surface area contributed by atoms with Crippen LogP contribution in [0.4, 0.5) is 5.82 Å². The minimum atomic E-state index is 1.14. The lowest BCUT2D eigenvalue weighted by Crippen LogP contribution is -2.15. The van der Waals surface area contributed by atoms with Gasteiger partial charge in [0.05, 0.1) is 0 Å². The Bertz CT molecular complexity index is 370. The van der Waals surface area contributed by atoms with Gasteiger partial charge in [-0.25, -0.2) is 4.98 Å². The number of unbranched alkanes of at least 4 members (excludes halogenated alkanes) is 2. The smallest absolute Gasteiger partial charge is 0.131 e. The van der Waals surface area contributed by atoms with Gasteiger partial charge in [0.15, 0.2) is 0 Å². The molecule has 0 bridgehead atoms. The Hall–Kier alpha value is -1.05. The molecular weight excluding hydrogens is 220 g/mol. The molecule has 1 rings (SSSR count). The van der Waals surface area contributed by atoms with Gasteiger partial charge in [0.2, 0.25) is 0 Å². The Labute approximate surface area is 112 Å². The zero-order chi connectivity index (χ0) is 13.5. The fourth-order valence-corrected chi connectivity index (χ4v) is 2.34. The summed E-state index contributed by atoms with van der Waals surface area (Å²) in [6, 6.07) is 2.29. The van der Waals surface area contributed by atoms with Gasteiger partial charge in [0, 0.05) is 19.8 Å². The third-order valence-electron chi connectivity index (χ3n) is 3.33. The van der Waals surface area contributed by atoms with E-state index in [0.29, 0.717) is 0 Å². The van der Waals surface area contributed by atoms with Crippen LogP contribution in [0.2, 0.25) is 0 Å². The fourth-order valence-electron chi connectivity index (χ4n) is 2.34. The molecule has 0 spiro atoms. The number of nitrogens with zero attached hydrogens (tertiary/aromatic N) is 2. The van der Waals surface area contributed by atoms with Crippen LogP contribution in [0.5, 0.6) is 0 Å². The minimum Gasteiger partial charge on any atom is -0.363 e. The Morgan fingerprint density at radius 2 is 1.67 bits per heavy atom. The predicted molar refractivity (Wildman–Crippen MR) is 80.5 cm³/mol. The lowest BCUT2D eigenvalue weighted by atomic mass is 9.97. The van der Waals surface area contributed by atoms with Crippen LogP contribution in [-0.4, -0.2) is 19.1 Å². The third-order valence-corrected chi connectivity index (χ3v) is 3.33. The number of rotatable bonds is 7. The van der Waals surface area contributed by atoms with Crippen molar-refractivity contribution >= 4 is 5.82 Å². The summed E-state index contributed by atoms with van der Waals surface area (Å²) in [5.41, 5.74) is 4.13. The molecule has 0 aliphatic carbocycles. The first kappa shape index (κ1) is 15.0. The highest BCUT2D eigenvalue weighted by atomic mass is 15.1. The topological polar surface area (TPSA) is 16.1 Å². The molecule has 1 heterocycles. The second-order valence-electron chi connectivity index (χ2n) is 5.33. The summed E-state index contributed by atoms with van der Waals surface area (Å²) in [6.45, 7) is 6.61. The van der Waals surface area contributed by atoms with Crippen LogP contribution >= 0.6 is 0 Å². The van der Waals surface area contributed by atoms with Gasteiger partial charge in [-0.2, -0.15) is 0 Å². The van der Waals surface area contributed by atoms with Gasteiger partial charge in [-0.05, 0) is 49.8 Å². The van der Waals surface area contributed by atoms with E-state index in [1.807, 2.05) is 0 Å². The van der Waals surface area contributed by atoms with Crippen molar-refractivity contribution in [2.24, 2.45) is 0 Å². The van der Waals surface area contributed by atoms with E-state index in [0.717, 1.165) is 12.1 Å². The Morgan fingerprint density at radius 3 is 2.22 bits per heavy atom. The Morgan fingerprint density at radius 1 is 1.06 bits per heavy atom. The van der Waals surface area contributed by atoms with E-state index in [2.05, 4.69) is 45.8 Å². The maximum absolute atomic E-state index is 4.72. The van der Waals surface area contributed by atoms with Gasteiger partial charge in [-0.15, -0.1) is 0 Å². The fraction of sp³-hybridized carbons (Fsp3) is 0.688. The molecule has 0 aliphatic heterocycles. The van der Waals surface area contributed by atoms with E-state index in [1.165, 1.54) is 49.0 Å². The number of aryl methyl sites for hydroxylation is 2. The Balaban J connectivity index is 3.10. The van der Waals surface area contributed by atoms with Crippen molar-refractivity contribution in [1.29, 1.82) is 0 Å². The lowest BCUT2D eigenvalue weighted by molar-refractivity contribution is 0.750. The van der Waals surface area contributed by atoms with Crippen LogP contribution in [0.1, 0.15) is 56.4 Å². The molecule has 0 N–H and O–H groups in total. The monoisotopic (exact) mass is 248 g/mol. The van der Waals surface area contributed by atoms with Gasteiger partial charge in [0.1, 0.15) is 5.82 Å². The van der Waals surface area contributed by atoms with Gasteiger partial charge in [-0.1, -0.05) is 26.7 Å². The average Bonchev–Trinajstić information content (AvgIpc) is 2.34. The third kappa shape index (κ3) is 4.01. The zero-order valence-corrected chi connectivity index (χ0v) is 12.7. The van der Waals surface area contributed by atoms with E-state index in [1.54, 1.807) is 0 Å². The minimum absolute atomic E-state index is 1.14. The summed E-state index contributed by atoms with van der Waals surface area (Å²) < 4.78 is 0. The first-order valence-corrected chi connectivity index (χ1v) is 7.26. The molecule has 2 heteroatoms. The summed E-state index contributed by atoms with van der Waals surface area (Å²) in [6.07, 6.45) is 7.39. The summed E-state index contributed by atoms with van der Waals surface area (Å²) in [5, 5.41) is 0. The first-order valence-electron chi connectivity index (χ1n) is 7.26. The van der Waals surface area contributed by atoms with Crippen LogP contribution in [0, 0.1) is 6.92 Å². The summed E-state index contributed by atoms with van der Waals surface area (Å²) in [5.74, 6) is 1.18. The van der Waals surface area contributed by atoms with Gasteiger partial charge in [-0.3, -0.25) is 0 Å². The van der Waals surface area contributed by atoms with E-state index >= 15 is 0 Å². The molecule has 0 fully saturated rings. The maximum Gasteiger partial charge on any atom is 0.131 e. The van der Waals surface area contributed by atoms with Crippen LogP contribution in [0.3, 0.4) is 0 Å². The highest BCUT2D eigenvalue weighted by molar-refractivity contribution is 5.51. The molecule has 1 aromatic rings. The summed E-state index contributed by atoms with van der Waals surface area (Å²) in [7, 11) is 4.20. The molecule has 0 unspecified atom stereocenters. The van der Waals surface area contributed by atoms with Crippen molar-refractivity contribution in [1.82, 2.24) is 4.98 Å². The molecule has 0 amide bonds.